The first-order valence-corrected chi connectivity index (χ1v) is 6.52. The molecule has 106 valence electrons. The van der Waals surface area contributed by atoms with Gasteiger partial charge in [0.25, 0.3) is 0 Å². The number of carbonyl (C=O) groups is 3. The third kappa shape index (κ3) is 2.13. The van der Waals surface area contributed by atoms with Crippen molar-refractivity contribution in [1.29, 1.82) is 0 Å². The molecule has 0 saturated carbocycles. The largest absolute Gasteiger partial charge is 0.372 e. The van der Waals surface area contributed by atoms with Crippen LogP contribution < -0.4 is 9.80 Å². The minimum atomic E-state index is -0.812. The Morgan fingerprint density at radius 1 is 0.950 bits per heavy atom. The summed E-state index contributed by atoms with van der Waals surface area (Å²) in [5.41, 5.74) is 1.42. The maximum absolute atomic E-state index is 11.9. The van der Waals surface area contributed by atoms with E-state index in [1.54, 1.807) is 12.1 Å². The van der Waals surface area contributed by atoms with E-state index < -0.39 is 17.8 Å². The Morgan fingerprint density at radius 3 is 1.90 bits per heavy atom. The van der Waals surface area contributed by atoms with Gasteiger partial charge >= 0.3 is 17.8 Å². The van der Waals surface area contributed by atoms with Crippen LogP contribution in [0.15, 0.2) is 24.3 Å². The summed E-state index contributed by atoms with van der Waals surface area (Å²) in [6, 6.07) is 6.42. The molecule has 0 radical (unpaired) electrons. The maximum atomic E-state index is 11.9. The molecule has 2 rings (SSSR count). The Morgan fingerprint density at radius 2 is 1.50 bits per heavy atom. The minimum Gasteiger partial charge on any atom is -0.372 e. The van der Waals surface area contributed by atoms with E-state index in [1.807, 2.05) is 12.1 Å². The van der Waals surface area contributed by atoms with Crippen molar-refractivity contribution >= 4 is 29.2 Å². The van der Waals surface area contributed by atoms with Crippen molar-refractivity contribution in [2.75, 3.05) is 29.9 Å². The van der Waals surface area contributed by atoms with E-state index in [2.05, 4.69) is 18.7 Å². The first-order chi connectivity index (χ1) is 9.51. The van der Waals surface area contributed by atoms with Crippen LogP contribution >= 0.6 is 0 Å². The number of rotatable bonds is 4. The lowest BCUT2D eigenvalue weighted by Crippen LogP contribution is -2.31. The Hall–Kier alpha value is -2.37. The van der Waals surface area contributed by atoms with Gasteiger partial charge < -0.3 is 4.90 Å². The fourth-order valence-corrected chi connectivity index (χ4v) is 2.19. The monoisotopic (exact) mass is 275 g/mol. The van der Waals surface area contributed by atoms with Crippen LogP contribution in [0, 0.1) is 0 Å². The summed E-state index contributed by atoms with van der Waals surface area (Å²) in [4.78, 5) is 39.0. The van der Waals surface area contributed by atoms with Crippen LogP contribution in [0.3, 0.4) is 0 Å². The number of hydrogen-bond donors (Lipinski definition) is 0. The maximum Gasteiger partial charge on any atom is 0.338 e. The Labute approximate surface area is 117 Å². The zero-order valence-electron chi connectivity index (χ0n) is 11.8. The molecule has 0 unspecified atom stereocenters. The molecule has 0 spiro atoms. The zero-order valence-corrected chi connectivity index (χ0v) is 11.8. The average Bonchev–Trinajstić information content (AvgIpc) is 2.65. The van der Waals surface area contributed by atoms with Gasteiger partial charge in [0.2, 0.25) is 0 Å². The van der Waals surface area contributed by atoms with Gasteiger partial charge in [-0.2, -0.15) is 0 Å². The fourth-order valence-electron chi connectivity index (χ4n) is 2.19. The van der Waals surface area contributed by atoms with Crippen molar-refractivity contribution in [2.45, 2.75) is 13.8 Å². The highest BCUT2D eigenvalue weighted by atomic mass is 16.2. The van der Waals surface area contributed by atoms with Crippen LogP contribution in [0.5, 0.6) is 0 Å². The van der Waals surface area contributed by atoms with Crippen LogP contribution in [0.25, 0.3) is 0 Å². The van der Waals surface area contributed by atoms with Crippen LogP contribution in [0.2, 0.25) is 0 Å². The predicted octanol–water partition coefficient (Wildman–Crippen LogP) is 1.46. The molecule has 1 saturated heterocycles. The number of amides is 4. The summed E-state index contributed by atoms with van der Waals surface area (Å²) in [7, 11) is 1.30. The van der Waals surface area contributed by atoms with E-state index in [0.29, 0.717) is 5.69 Å². The summed E-state index contributed by atoms with van der Waals surface area (Å²) in [6.45, 7) is 5.86. The third-order valence-corrected chi connectivity index (χ3v) is 3.41. The molecule has 0 bridgehead atoms. The summed E-state index contributed by atoms with van der Waals surface area (Å²) < 4.78 is 0. The number of benzene rings is 1. The lowest BCUT2D eigenvalue weighted by atomic mass is 10.2. The second-order valence-corrected chi connectivity index (χ2v) is 4.48. The molecular weight excluding hydrogens is 258 g/mol. The van der Waals surface area contributed by atoms with Crippen molar-refractivity contribution in [2.24, 2.45) is 0 Å². The molecular formula is C14H17N3O3. The van der Waals surface area contributed by atoms with Gasteiger partial charge in [-0.3, -0.25) is 14.5 Å². The Balaban J connectivity index is 2.29. The normalized spacial score (nSPS) is 15.2. The highest BCUT2D eigenvalue weighted by molar-refractivity contribution is 6.52. The molecule has 0 N–H and O–H groups in total. The van der Waals surface area contributed by atoms with Crippen LogP contribution in [0.1, 0.15) is 13.8 Å². The number of nitrogens with zero attached hydrogens (tertiary/aromatic N) is 3. The second kappa shape index (κ2) is 5.32. The van der Waals surface area contributed by atoms with Gasteiger partial charge in [0.05, 0.1) is 5.69 Å². The van der Waals surface area contributed by atoms with Crippen molar-refractivity contribution in [3.8, 4) is 0 Å². The van der Waals surface area contributed by atoms with Gasteiger partial charge in [-0.25, -0.2) is 9.69 Å². The zero-order chi connectivity index (χ0) is 14.9. The quantitative estimate of drug-likeness (QED) is 0.616. The highest BCUT2D eigenvalue weighted by Crippen LogP contribution is 2.24. The minimum absolute atomic E-state index is 0.411. The van der Waals surface area contributed by atoms with Gasteiger partial charge in [0.15, 0.2) is 0 Å². The fraction of sp³-hybridized carbons (Fsp3) is 0.357. The van der Waals surface area contributed by atoms with E-state index in [0.717, 1.165) is 28.6 Å². The first-order valence-electron chi connectivity index (χ1n) is 6.52. The van der Waals surface area contributed by atoms with Crippen molar-refractivity contribution < 1.29 is 14.4 Å². The van der Waals surface area contributed by atoms with Gasteiger partial charge in [-0.1, -0.05) is 0 Å². The molecule has 1 aromatic rings. The molecule has 1 heterocycles. The van der Waals surface area contributed by atoms with E-state index in [4.69, 9.17) is 0 Å². The molecule has 6 nitrogen and oxygen atoms in total. The molecule has 1 aliphatic rings. The Bertz CT molecular complexity index is 549. The summed E-state index contributed by atoms with van der Waals surface area (Å²) in [5.74, 6) is -1.61. The smallest absolute Gasteiger partial charge is 0.338 e. The molecule has 6 heteroatoms. The number of carbonyl (C=O) groups excluding carboxylic acids is 3. The first kappa shape index (κ1) is 14.0. The summed E-state index contributed by atoms with van der Waals surface area (Å²) >= 11 is 0. The molecule has 0 aliphatic carbocycles. The molecule has 1 aromatic carbocycles. The van der Waals surface area contributed by atoms with Gasteiger partial charge in [-0.05, 0) is 38.1 Å². The second-order valence-electron chi connectivity index (χ2n) is 4.48. The van der Waals surface area contributed by atoms with Gasteiger partial charge in [-0.15, -0.1) is 0 Å². The standard InChI is InChI=1S/C14H17N3O3/c1-4-16(5-2)10-6-8-11(9-7-10)17-13(19)12(18)15(3)14(17)20/h6-9H,4-5H2,1-3H3. The van der Waals surface area contributed by atoms with E-state index in [-0.39, 0.29) is 0 Å². The van der Waals surface area contributed by atoms with E-state index >= 15 is 0 Å². The van der Waals surface area contributed by atoms with E-state index in [9.17, 15) is 14.4 Å². The summed E-state index contributed by atoms with van der Waals surface area (Å²) in [5, 5.41) is 0. The highest BCUT2D eigenvalue weighted by Gasteiger charge is 2.43. The van der Waals surface area contributed by atoms with Gasteiger partial charge in [0, 0.05) is 25.8 Å². The topological polar surface area (TPSA) is 60.9 Å². The van der Waals surface area contributed by atoms with Crippen molar-refractivity contribution in [1.82, 2.24) is 4.90 Å². The van der Waals surface area contributed by atoms with Gasteiger partial charge in [0.1, 0.15) is 0 Å². The molecule has 0 aromatic heterocycles. The molecule has 20 heavy (non-hydrogen) atoms. The van der Waals surface area contributed by atoms with Crippen molar-refractivity contribution in [3.63, 3.8) is 0 Å². The molecule has 1 fully saturated rings. The Kier molecular flexibility index (Phi) is 3.74. The number of imide groups is 2. The SMILES string of the molecule is CCN(CC)c1ccc(N2C(=O)C(=O)N(C)C2=O)cc1. The lowest BCUT2D eigenvalue weighted by Gasteiger charge is -2.22. The third-order valence-electron chi connectivity index (χ3n) is 3.41. The van der Waals surface area contributed by atoms with Crippen LogP contribution in [-0.4, -0.2) is 42.9 Å². The number of hydrogen-bond acceptors (Lipinski definition) is 4. The van der Waals surface area contributed by atoms with Crippen LogP contribution in [0.4, 0.5) is 16.2 Å². The number of likely N-dealkylation sites (N-methyl/N-ethyl adjacent to an activating group) is 1. The van der Waals surface area contributed by atoms with Crippen LogP contribution in [-0.2, 0) is 9.59 Å². The molecule has 1 aliphatic heterocycles. The number of urea groups is 1. The van der Waals surface area contributed by atoms with E-state index in [1.165, 1.54) is 7.05 Å². The predicted molar refractivity (Wildman–Crippen MR) is 75.7 cm³/mol. The summed E-state index contributed by atoms with van der Waals surface area (Å²) in [6.07, 6.45) is 0. The number of anilines is 2. The van der Waals surface area contributed by atoms with Crippen molar-refractivity contribution in [3.05, 3.63) is 24.3 Å². The molecule has 0 atom stereocenters. The average molecular weight is 275 g/mol. The lowest BCUT2D eigenvalue weighted by molar-refractivity contribution is -0.138. The molecule has 4 amide bonds.